The summed E-state index contributed by atoms with van der Waals surface area (Å²) in [6.07, 6.45) is 3.09. The fourth-order valence-electron chi connectivity index (χ4n) is 5.92. The van der Waals surface area contributed by atoms with Gasteiger partial charge in [0.2, 0.25) is 5.91 Å². The number of rotatable bonds is 11. The van der Waals surface area contributed by atoms with Crippen molar-refractivity contribution in [3.8, 4) is 11.3 Å². The average molecular weight is 637 g/mol. The Balaban J connectivity index is 1.82. The van der Waals surface area contributed by atoms with Crippen LogP contribution in [0.1, 0.15) is 59.0 Å². The fourth-order valence-corrected chi connectivity index (χ4v) is 5.92. The number of amides is 2. The molecule has 1 aromatic heterocycles. The summed E-state index contributed by atoms with van der Waals surface area (Å²) in [5, 5.41) is 0. The topological polar surface area (TPSA) is 76.9 Å². The van der Waals surface area contributed by atoms with E-state index >= 15 is 4.39 Å². The Kier molecular flexibility index (Phi) is 10.7. The highest BCUT2D eigenvalue weighted by Gasteiger charge is 2.43. The lowest BCUT2D eigenvalue weighted by atomic mass is 9.81. The fraction of sp³-hybridized carbons (Fsp3) is 0.472. The van der Waals surface area contributed by atoms with Gasteiger partial charge in [-0.05, 0) is 56.4 Å². The number of halogens is 2. The predicted molar refractivity (Wildman–Crippen MR) is 174 cm³/mol. The van der Waals surface area contributed by atoms with Crippen molar-refractivity contribution in [1.82, 2.24) is 19.4 Å². The minimum atomic E-state index is -0.729. The van der Waals surface area contributed by atoms with Crippen molar-refractivity contribution in [2.45, 2.75) is 59.7 Å². The second-order valence-corrected chi connectivity index (χ2v) is 13.8. The number of aromatic nitrogens is 2. The zero-order valence-corrected chi connectivity index (χ0v) is 27.9. The molecule has 8 nitrogen and oxygen atoms in total. The molecule has 1 aliphatic rings. The summed E-state index contributed by atoms with van der Waals surface area (Å²) in [5.74, 6) is -0.969. The lowest BCUT2D eigenvalue weighted by molar-refractivity contribution is -0.141. The number of imidazole rings is 1. The molecule has 2 aromatic carbocycles. The first-order chi connectivity index (χ1) is 21.6. The number of hydrogen-bond acceptors (Lipinski definition) is 5. The number of hydrogen-bond donors (Lipinski definition) is 0. The zero-order valence-electron chi connectivity index (χ0n) is 27.9. The molecule has 46 heavy (non-hydrogen) atoms. The molecule has 0 spiro atoms. The van der Waals surface area contributed by atoms with Crippen molar-refractivity contribution in [3.63, 3.8) is 0 Å². The van der Waals surface area contributed by atoms with Gasteiger partial charge in [-0.25, -0.2) is 18.6 Å². The van der Waals surface area contributed by atoms with E-state index in [0.717, 1.165) is 23.8 Å². The van der Waals surface area contributed by atoms with Crippen molar-refractivity contribution in [2.24, 2.45) is 17.3 Å². The number of likely N-dealkylation sites (tertiary alicyclic amines) is 1. The Morgan fingerprint density at radius 2 is 1.80 bits per heavy atom. The summed E-state index contributed by atoms with van der Waals surface area (Å²) < 4.78 is 42.3. The molecule has 0 unspecified atom stereocenters. The number of carbonyl (C=O) groups is 2. The van der Waals surface area contributed by atoms with Crippen LogP contribution in [0.2, 0.25) is 0 Å². The molecule has 3 aromatic rings. The van der Waals surface area contributed by atoms with Crippen molar-refractivity contribution in [3.05, 3.63) is 90.4 Å². The minimum Gasteiger partial charge on any atom is -0.444 e. The summed E-state index contributed by atoms with van der Waals surface area (Å²) in [7, 11) is 1.47. The van der Waals surface area contributed by atoms with Crippen LogP contribution in [0.4, 0.5) is 13.6 Å². The highest BCUT2D eigenvalue weighted by molar-refractivity contribution is 5.78. The minimum absolute atomic E-state index is 0.0235. The first kappa shape index (κ1) is 34.8. The Labute approximate surface area is 271 Å². The number of benzene rings is 2. The molecule has 2 amide bonds. The van der Waals surface area contributed by atoms with E-state index in [2.05, 4.69) is 13.5 Å². The molecule has 248 valence electrons. The van der Waals surface area contributed by atoms with Gasteiger partial charge in [0, 0.05) is 50.5 Å². The Bertz CT molecular complexity index is 1530. The molecule has 2 heterocycles. The lowest BCUT2D eigenvalue weighted by Gasteiger charge is -2.41. The van der Waals surface area contributed by atoms with Crippen LogP contribution in [0, 0.1) is 28.9 Å². The van der Waals surface area contributed by atoms with Crippen LogP contribution < -0.4 is 0 Å². The SMILES string of the molecule is C=CC(C)(C)[C@H](c1nc(-c2cc(F)ccc2F)cn1Cc1ccccc1)N(C[C@@H]1CN(C(=O)OC(C)(C)C)C[C@@H]1C)C(=O)COC. The molecule has 3 atom stereocenters. The highest BCUT2D eigenvalue weighted by Crippen LogP contribution is 2.42. The van der Waals surface area contributed by atoms with Crippen LogP contribution >= 0.6 is 0 Å². The van der Waals surface area contributed by atoms with Gasteiger partial charge in [0.05, 0.1) is 11.7 Å². The van der Waals surface area contributed by atoms with E-state index in [-0.39, 0.29) is 41.7 Å². The summed E-state index contributed by atoms with van der Waals surface area (Å²) >= 11 is 0. The first-order valence-corrected chi connectivity index (χ1v) is 15.6. The van der Waals surface area contributed by atoms with Crippen LogP contribution in [0.25, 0.3) is 11.3 Å². The molecule has 0 saturated carbocycles. The second-order valence-electron chi connectivity index (χ2n) is 13.8. The van der Waals surface area contributed by atoms with E-state index in [1.54, 1.807) is 22.1 Å². The maximum atomic E-state index is 15.1. The number of ether oxygens (including phenoxy) is 2. The van der Waals surface area contributed by atoms with E-state index in [1.165, 1.54) is 7.11 Å². The molecular formula is C36H46F2N4O4. The van der Waals surface area contributed by atoms with E-state index < -0.39 is 28.7 Å². The van der Waals surface area contributed by atoms with Crippen LogP contribution in [0.15, 0.2) is 67.4 Å². The molecule has 10 heteroatoms. The summed E-state index contributed by atoms with van der Waals surface area (Å²) in [5.41, 5.74) is -0.122. The van der Waals surface area contributed by atoms with Gasteiger partial charge >= 0.3 is 6.09 Å². The largest absolute Gasteiger partial charge is 0.444 e. The van der Waals surface area contributed by atoms with Crippen LogP contribution in [-0.4, -0.2) is 70.3 Å². The van der Waals surface area contributed by atoms with E-state index in [0.29, 0.717) is 32.0 Å². The predicted octanol–water partition coefficient (Wildman–Crippen LogP) is 7.11. The smallest absolute Gasteiger partial charge is 0.410 e. The molecule has 1 fully saturated rings. The van der Waals surface area contributed by atoms with Gasteiger partial charge < -0.3 is 23.8 Å². The summed E-state index contributed by atoms with van der Waals surface area (Å²) in [6, 6.07) is 12.3. The molecule has 4 rings (SSSR count). The van der Waals surface area contributed by atoms with E-state index in [1.807, 2.05) is 69.5 Å². The highest BCUT2D eigenvalue weighted by atomic mass is 19.1. The zero-order chi connectivity index (χ0) is 33.8. The molecule has 0 N–H and O–H groups in total. The molecule has 1 aliphatic heterocycles. The second kappa shape index (κ2) is 14.2. The Hall–Kier alpha value is -4.05. The van der Waals surface area contributed by atoms with Gasteiger partial charge in [0.15, 0.2) is 0 Å². The third-order valence-corrected chi connectivity index (χ3v) is 8.43. The van der Waals surface area contributed by atoms with Crippen molar-refractivity contribution < 1.29 is 27.8 Å². The quantitative estimate of drug-likeness (QED) is 0.210. The summed E-state index contributed by atoms with van der Waals surface area (Å²) in [4.78, 5) is 35.3. The average Bonchev–Trinajstić information content (AvgIpc) is 3.56. The molecule has 0 bridgehead atoms. The standard InChI is InChI=1S/C36H46F2N4O4/c1-9-36(6,7)32(42(31(43)23-45-8)21-26-20-41(18-24(26)2)34(44)46-35(3,4)5)33-39-30(28-17-27(37)15-16-29(28)38)22-40(33)19-25-13-11-10-12-14-25/h9-17,22,24,26,32H,1,18-21,23H2,2-8H3/t24-,26-,32-/m0/s1. The molecule has 0 radical (unpaired) electrons. The third-order valence-electron chi connectivity index (χ3n) is 8.43. The number of carbonyl (C=O) groups excluding carboxylic acids is 2. The molecule has 1 saturated heterocycles. The van der Waals surface area contributed by atoms with Gasteiger partial charge in [0.25, 0.3) is 0 Å². The van der Waals surface area contributed by atoms with E-state index in [9.17, 15) is 14.0 Å². The van der Waals surface area contributed by atoms with Crippen molar-refractivity contribution in [1.29, 1.82) is 0 Å². The van der Waals surface area contributed by atoms with Crippen LogP contribution in [0.5, 0.6) is 0 Å². The maximum Gasteiger partial charge on any atom is 0.410 e. The lowest BCUT2D eigenvalue weighted by Crippen LogP contribution is -2.47. The molecular weight excluding hydrogens is 590 g/mol. The normalized spacial score (nSPS) is 17.5. The van der Waals surface area contributed by atoms with Gasteiger partial charge in [-0.15, -0.1) is 6.58 Å². The van der Waals surface area contributed by atoms with Crippen molar-refractivity contribution >= 4 is 12.0 Å². The Morgan fingerprint density at radius 3 is 2.43 bits per heavy atom. The van der Waals surface area contributed by atoms with Gasteiger partial charge in [0.1, 0.15) is 29.7 Å². The Morgan fingerprint density at radius 1 is 1.11 bits per heavy atom. The van der Waals surface area contributed by atoms with Gasteiger partial charge in [-0.2, -0.15) is 0 Å². The van der Waals surface area contributed by atoms with Gasteiger partial charge in [-0.3, -0.25) is 4.79 Å². The maximum absolute atomic E-state index is 15.1. The number of nitrogens with zero attached hydrogens (tertiary/aromatic N) is 4. The first-order valence-electron chi connectivity index (χ1n) is 15.6. The number of methoxy groups -OCH3 is 1. The molecule has 0 aliphatic carbocycles. The van der Waals surface area contributed by atoms with Gasteiger partial charge in [-0.1, -0.05) is 57.2 Å². The monoisotopic (exact) mass is 636 g/mol. The van der Waals surface area contributed by atoms with E-state index in [4.69, 9.17) is 14.5 Å². The third kappa shape index (κ3) is 8.20. The van der Waals surface area contributed by atoms with Crippen LogP contribution in [-0.2, 0) is 20.8 Å². The van der Waals surface area contributed by atoms with Crippen molar-refractivity contribution in [2.75, 3.05) is 33.4 Å². The van der Waals surface area contributed by atoms with Crippen LogP contribution in [0.3, 0.4) is 0 Å². The summed E-state index contributed by atoms with van der Waals surface area (Å²) in [6.45, 7) is 17.0.